The average Bonchev–Trinajstić information content (AvgIpc) is 2.87. The van der Waals surface area contributed by atoms with E-state index in [-0.39, 0.29) is 6.61 Å². The van der Waals surface area contributed by atoms with Gasteiger partial charge in [0.05, 0.1) is 5.39 Å². The standard InChI is InChI=1S/C15H22N4OS/c1-10-9-12-13(17-15(16-2)18-14(12)21-10)19-7-4-3-5-11(19)6-8-20/h9,11,20H,3-8H2,1-2H3,(H,16,17,18). The number of hydrogen-bond donors (Lipinski definition) is 2. The van der Waals surface area contributed by atoms with E-state index >= 15 is 0 Å². The van der Waals surface area contributed by atoms with Crippen molar-refractivity contribution in [2.24, 2.45) is 0 Å². The van der Waals surface area contributed by atoms with Crippen molar-refractivity contribution in [1.29, 1.82) is 0 Å². The zero-order chi connectivity index (χ0) is 14.8. The molecule has 1 saturated heterocycles. The quantitative estimate of drug-likeness (QED) is 0.909. The van der Waals surface area contributed by atoms with E-state index in [1.165, 1.54) is 17.7 Å². The topological polar surface area (TPSA) is 61.3 Å². The van der Waals surface area contributed by atoms with Gasteiger partial charge in [-0.05, 0) is 38.7 Å². The maximum absolute atomic E-state index is 9.33. The maximum Gasteiger partial charge on any atom is 0.225 e. The molecular formula is C15H22N4OS. The molecule has 0 saturated carbocycles. The zero-order valence-electron chi connectivity index (χ0n) is 12.6. The van der Waals surface area contributed by atoms with Crippen LogP contribution in [0.5, 0.6) is 0 Å². The first kappa shape index (κ1) is 14.5. The number of hydrogen-bond acceptors (Lipinski definition) is 6. The number of aliphatic hydroxyl groups is 1. The van der Waals surface area contributed by atoms with E-state index in [1.807, 2.05) is 7.05 Å². The average molecular weight is 306 g/mol. The van der Waals surface area contributed by atoms with Gasteiger partial charge in [0.15, 0.2) is 0 Å². The molecule has 0 bridgehead atoms. The smallest absolute Gasteiger partial charge is 0.225 e. The molecule has 21 heavy (non-hydrogen) atoms. The van der Waals surface area contributed by atoms with Crippen LogP contribution >= 0.6 is 11.3 Å². The van der Waals surface area contributed by atoms with E-state index in [0.717, 1.165) is 35.4 Å². The van der Waals surface area contributed by atoms with Gasteiger partial charge in [-0.15, -0.1) is 11.3 Å². The number of aliphatic hydroxyl groups excluding tert-OH is 1. The summed E-state index contributed by atoms with van der Waals surface area (Å²) in [7, 11) is 1.85. The van der Waals surface area contributed by atoms with E-state index < -0.39 is 0 Å². The van der Waals surface area contributed by atoms with E-state index in [0.29, 0.717) is 12.0 Å². The Kier molecular flexibility index (Phi) is 4.26. The third-order valence-electron chi connectivity index (χ3n) is 4.08. The minimum Gasteiger partial charge on any atom is -0.396 e. The zero-order valence-corrected chi connectivity index (χ0v) is 13.4. The molecule has 1 aliphatic heterocycles. The van der Waals surface area contributed by atoms with Gasteiger partial charge in [-0.2, -0.15) is 4.98 Å². The van der Waals surface area contributed by atoms with Crippen LogP contribution in [0.1, 0.15) is 30.6 Å². The van der Waals surface area contributed by atoms with Crippen molar-refractivity contribution >= 4 is 33.3 Å². The Labute approximate surface area is 129 Å². The summed E-state index contributed by atoms with van der Waals surface area (Å²) < 4.78 is 0. The molecule has 0 aliphatic carbocycles. The third-order valence-corrected chi connectivity index (χ3v) is 5.03. The highest BCUT2D eigenvalue weighted by molar-refractivity contribution is 7.18. The minimum absolute atomic E-state index is 0.233. The molecule has 1 aliphatic rings. The normalized spacial score (nSPS) is 19.2. The largest absolute Gasteiger partial charge is 0.396 e. The van der Waals surface area contributed by atoms with Gasteiger partial charge in [0, 0.05) is 31.1 Å². The van der Waals surface area contributed by atoms with Crippen LogP contribution in [0.2, 0.25) is 0 Å². The second-order valence-corrected chi connectivity index (χ2v) is 6.79. The minimum atomic E-state index is 0.233. The van der Waals surface area contributed by atoms with Crippen molar-refractivity contribution in [3.8, 4) is 0 Å². The molecule has 1 fully saturated rings. The molecule has 1 atom stereocenters. The summed E-state index contributed by atoms with van der Waals surface area (Å²) in [6, 6.07) is 2.56. The van der Waals surface area contributed by atoms with Crippen LogP contribution < -0.4 is 10.2 Å². The molecular weight excluding hydrogens is 284 g/mol. The second-order valence-electron chi connectivity index (χ2n) is 5.55. The van der Waals surface area contributed by atoms with Gasteiger partial charge >= 0.3 is 0 Å². The van der Waals surface area contributed by atoms with Crippen molar-refractivity contribution in [3.63, 3.8) is 0 Å². The van der Waals surface area contributed by atoms with Crippen LogP contribution in [0.15, 0.2) is 6.07 Å². The number of piperidine rings is 1. The Bertz CT molecular complexity index is 625. The van der Waals surface area contributed by atoms with Gasteiger partial charge < -0.3 is 15.3 Å². The Hall–Kier alpha value is -1.40. The number of rotatable bonds is 4. The number of nitrogens with zero attached hydrogens (tertiary/aromatic N) is 3. The monoisotopic (exact) mass is 306 g/mol. The molecule has 0 radical (unpaired) electrons. The van der Waals surface area contributed by atoms with Crippen LogP contribution in [-0.4, -0.2) is 41.3 Å². The predicted octanol–water partition coefficient (Wildman–Crippen LogP) is 2.78. The first-order chi connectivity index (χ1) is 10.2. The number of aryl methyl sites for hydroxylation is 1. The summed E-state index contributed by atoms with van der Waals surface area (Å²) in [5.74, 6) is 1.69. The maximum atomic E-state index is 9.33. The summed E-state index contributed by atoms with van der Waals surface area (Å²) in [6.45, 7) is 3.35. The van der Waals surface area contributed by atoms with Crippen molar-refractivity contribution in [2.45, 2.75) is 38.6 Å². The molecule has 0 spiro atoms. The number of aromatic nitrogens is 2. The lowest BCUT2D eigenvalue weighted by Crippen LogP contribution is -2.40. The molecule has 114 valence electrons. The molecule has 6 heteroatoms. The molecule has 5 nitrogen and oxygen atoms in total. The highest BCUT2D eigenvalue weighted by Gasteiger charge is 2.26. The number of anilines is 2. The van der Waals surface area contributed by atoms with Gasteiger partial charge in [-0.1, -0.05) is 0 Å². The van der Waals surface area contributed by atoms with Crippen LogP contribution in [0, 0.1) is 6.92 Å². The Morgan fingerprint density at radius 3 is 3.05 bits per heavy atom. The first-order valence-electron chi connectivity index (χ1n) is 7.56. The van der Waals surface area contributed by atoms with Gasteiger partial charge in [-0.25, -0.2) is 4.98 Å². The SMILES string of the molecule is CNc1nc(N2CCCCC2CCO)c2cc(C)sc2n1. The molecule has 0 amide bonds. The van der Waals surface area contributed by atoms with E-state index in [4.69, 9.17) is 4.98 Å². The van der Waals surface area contributed by atoms with Gasteiger partial charge in [0.1, 0.15) is 10.6 Å². The summed E-state index contributed by atoms with van der Waals surface area (Å²) in [5.41, 5.74) is 0. The fourth-order valence-corrected chi connectivity index (χ4v) is 3.96. The van der Waals surface area contributed by atoms with Crippen LogP contribution in [-0.2, 0) is 0 Å². The van der Waals surface area contributed by atoms with E-state index in [9.17, 15) is 5.11 Å². The van der Waals surface area contributed by atoms with Crippen molar-refractivity contribution in [1.82, 2.24) is 9.97 Å². The lowest BCUT2D eigenvalue weighted by atomic mass is 9.99. The summed E-state index contributed by atoms with van der Waals surface area (Å²) in [4.78, 5) is 13.9. The highest BCUT2D eigenvalue weighted by atomic mass is 32.1. The Balaban J connectivity index is 2.08. The summed E-state index contributed by atoms with van der Waals surface area (Å²) in [5, 5.41) is 13.5. The number of fused-ring (bicyclic) bond motifs is 1. The molecule has 3 heterocycles. The molecule has 2 N–H and O–H groups in total. The summed E-state index contributed by atoms with van der Waals surface area (Å²) >= 11 is 1.71. The van der Waals surface area contributed by atoms with Gasteiger partial charge in [0.25, 0.3) is 0 Å². The van der Waals surface area contributed by atoms with Crippen LogP contribution in [0.3, 0.4) is 0 Å². The second kappa shape index (κ2) is 6.15. The van der Waals surface area contributed by atoms with E-state index in [2.05, 4.69) is 28.2 Å². The fourth-order valence-electron chi connectivity index (χ4n) is 3.09. The predicted molar refractivity (Wildman–Crippen MR) is 88.4 cm³/mol. The fraction of sp³-hybridized carbons (Fsp3) is 0.600. The molecule has 3 rings (SSSR count). The van der Waals surface area contributed by atoms with E-state index in [1.54, 1.807) is 11.3 Å². The number of thiophene rings is 1. The summed E-state index contributed by atoms with van der Waals surface area (Å²) in [6.07, 6.45) is 4.36. The molecule has 1 unspecified atom stereocenters. The molecule has 0 aromatic carbocycles. The van der Waals surface area contributed by atoms with Crippen LogP contribution in [0.4, 0.5) is 11.8 Å². The Morgan fingerprint density at radius 1 is 1.43 bits per heavy atom. The van der Waals surface area contributed by atoms with Crippen molar-refractivity contribution < 1.29 is 5.11 Å². The number of nitrogens with one attached hydrogen (secondary N) is 1. The van der Waals surface area contributed by atoms with Crippen LogP contribution in [0.25, 0.3) is 10.2 Å². The molecule has 2 aromatic heterocycles. The van der Waals surface area contributed by atoms with Crippen molar-refractivity contribution in [2.75, 3.05) is 30.4 Å². The third kappa shape index (κ3) is 2.82. The lowest BCUT2D eigenvalue weighted by Gasteiger charge is -2.36. The Morgan fingerprint density at radius 2 is 2.29 bits per heavy atom. The molecule has 2 aromatic rings. The van der Waals surface area contributed by atoms with Crippen molar-refractivity contribution in [3.05, 3.63) is 10.9 Å². The van der Waals surface area contributed by atoms with Gasteiger partial charge in [0.2, 0.25) is 5.95 Å². The van der Waals surface area contributed by atoms with Gasteiger partial charge in [-0.3, -0.25) is 0 Å². The lowest BCUT2D eigenvalue weighted by molar-refractivity contribution is 0.262. The first-order valence-corrected chi connectivity index (χ1v) is 8.38. The highest BCUT2D eigenvalue weighted by Crippen LogP contribution is 2.35.